The Bertz CT molecular complexity index is 1660. The predicted molar refractivity (Wildman–Crippen MR) is 152 cm³/mol. The minimum absolute atomic E-state index is 0.120. The summed E-state index contributed by atoms with van der Waals surface area (Å²) in [5.74, 6) is -1.50. The normalized spacial score (nSPS) is 17.0. The number of ketones is 1. The van der Waals surface area contributed by atoms with Gasteiger partial charge in [-0.15, -0.1) is 0 Å². The van der Waals surface area contributed by atoms with Crippen LogP contribution in [0.25, 0.3) is 10.9 Å². The van der Waals surface area contributed by atoms with Crippen LogP contribution in [-0.4, -0.2) is 65.5 Å². The zero-order valence-corrected chi connectivity index (χ0v) is 23.0. The van der Waals surface area contributed by atoms with Gasteiger partial charge >= 0.3 is 0 Å². The molecule has 2 aromatic heterocycles. The number of para-hydroxylation sites is 1. The van der Waals surface area contributed by atoms with Crippen molar-refractivity contribution in [2.45, 2.75) is 36.4 Å². The summed E-state index contributed by atoms with van der Waals surface area (Å²) in [5, 5.41) is 6.30. The summed E-state index contributed by atoms with van der Waals surface area (Å²) in [5.41, 5.74) is 1.63. The van der Waals surface area contributed by atoms with Crippen LogP contribution in [0.15, 0.2) is 96.2 Å². The fourth-order valence-corrected chi connectivity index (χ4v) is 6.12. The van der Waals surface area contributed by atoms with Crippen LogP contribution in [0.4, 0.5) is 0 Å². The van der Waals surface area contributed by atoms with Crippen molar-refractivity contribution in [3.8, 4) is 0 Å². The standard InChI is InChI=1S/C30H29N5O5S/c36-27-20-35(41(39,40)28-14-6-7-17-31-28)18-8-13-24(27)33-30(38)26(19-21-9-2-1-3-10-21)34-29(37)25-16-15-22-11-4-5-12-23(22)32-25/h1-7,9-12,14-17,24,26H,8,13,18-20H2,(H,33,38)(H,34,37)/t24-,26-/m1/s1. The van der Waals surface area contributed by atoms with Gasteiger partial charge in [-0.2, -0.15) is 4.31 Å². The van der Waals surface area contributed by atoms with Gasteiger partial charge in [0.25, 0.3) is 15.9 Å². The van der Waals surface area contributed by atoms with E-state index in [1.165, 1.54) is 12.3 Å². The van der Waals surface area contributed by atoms with Gasteiger partial charge in [0, 0.05) is 24.5 Å². The van der Waals surface area contributed by atoms with Gasteiger partial charge in [0.2, 0.25) is 5.91 Å². The number of nitrogens with one attached hydrogen (secondary N) is 2. The van der Waals surface area contributed by atoms with Crippen LogP contribution in [0.1, 0.15) is 28.9 Å². The van der Waals surface area contributed by atoms with Crippen molar-refractivity contribution < 1.29 is 22.8 Å². The highest BCUT2D eigenvalue weighted by Gasteiger charge is 2.34. The summed E-state index contributed by atoms with van der Waals surface area (Å²) in [6, 6.07) is 22.7. The molecule has 1 aliphatic heterocycles. The molecule has 5 rings (SSSR count). The fourth-order valence-electron chi connectivity index (χ4n) is 4.74. The second kappa shape index (κ2) is 12.4. The van der Waals surface area contributed by atoms with Crippen LogP contribution >= 0.6 is 0 Å². The lowest BCUT2D eigenvalue weighted by atomic mass is 10.0. The molecule has 11 heteroatoms. The molecule has 2 N–H and O–H groups in total. The summed E-state index contributed by atoms with van der Waals surface area (Å²) >= 11 is 0. The average molecular weight is 572 g/mol. The summed E-state index contributed by atoms with van der Waals surface area (Å²) in [4.78, 5) is 48.2. The number of Topliss-reactive ketones (excluding diaryl/α,β-unsaturated/α-hetero) is 1. The fraction of sp³-hybridized carbons (Fsp3) is 0.233. The first-order valence-corrected chi connectivity index (χ1v) is 14.7. The third-order valence-electron chi connectivity index (χ3n) is 6.92. The highest BCUT2D eigenvalue weighted by molar-refractivity contribution is 7.89. The van der Waals surface area contributed by atoms with Crippen molar-refractivity contribution in [2.24, 2.45) is 0 Å². The van der Waals surface area contributed by atoms with Gasteiger partial charge in [0.1, 0.15) is 11.7 Å². The van der Waals surface area contributed by atoms with Crippen molar-refractivity contribution >= 4 is 38.5 Å². The molecule has 2 aromatic carbocycles. The molecule has 3 heterocycles. The molecule has 2 amide bonds. The van der Waals surface area contributed by atoms with E-state index in [1.54, 1.807) is 30.3 Å². The number of benzene rings is 2. The molecule has 4 aromatic rings. The van der Waals surface area contributed by atoms with Crippen LogP contribution in [-0.2, 0) is 26.0 Å². The molecule has 0 aliphatic carbocycles. The van der Waals surface area contributed by atoms with E-state index in [-0.39, 0.29) is 36.7 Å². The Morgan fingerprint density at radius 1 is 0.951 bits per heavy atom. The predicted octanol–water partition coefficient (Wildman–Crippen LogP) is 2.51. The van der Waals surface area contributed by atoms with Crippen LogP contribution in [0.2, 0.25) is 0 Å². The summed E-state index contributed by atoms with van der Waals surface area (Å²) in [6.07, 6.45) is 2.19. The lowest BCUT2D eigenvalue weighted by molar-refractivity contribution is -0.128. The largest absolute Gasteiger partial charge is 0.344 e. The maximum atomic E-state index is 13.5. The van der Waals surface area contributed by atoms with Crippen LogP contribution in [0.5, 0.6) is 0 Å². The topological polar surface area (TPSA) is 138 Å². The van der Waals surface area contributed by atoms with Gasteiger partial charge in [0.05, 0.1) is 18.1 Å². The Hall–Kier alpha value is -4.48. The molecule has 0 bridgehead atoms. The van der Waals surface area contributed by atoms with Crippen LogP contribution in [0.3, 0.4) is 0 Å². The first-order valence-electron chi connectivity index (χ1n) is 13.3. The number of rotatable bonds is 8. The molecule has 0 saturated carbocycles. The second-order valence-corrected chi connectivity index (χ2v) is 11.7. The molecule has 10 nitrogen and oxygen atoms in total. The van der Waals surface area contributed by atoms with Gasteiger partial charge in [-0.25, -0.2) is 18.4 Å². The maximum Gasteiger partial charge on any atom is 0.270 e. The Balaban J connectivity index is 1.31. The molecule has 0 spiro atoms. The number of fused-ring (bicyclic) bond motifs is 1. The number of aromatic nitrogens is 2. The van der Waals surface area contributed by atoms with E-state index in [9.17, 15) is 22.8 Å². The van der Waals surface area contributed by atoms with Gasteiger partial charge in [-0.05, 0) is 42.7 Å². The molecular weight excluding hydrogens is 542 g/mol. The van der Waals surface area contributed by atoms with Crippen LogP contribution in [0, 0.1) is 0 Å². The molecule has 1 fully saturated rings. The number of carbonyl (C=O) groups is 3. The van der Waals surface area contributed by atoms with Crippen LogP contribution < -0.4 is 10.6 Å². The van der Waals surface area contributed by atoms with E-state index in [0.717, 1.165) is 15.3 Å². The number of amides is 2. The number of pyridine rings is 2. The van der Waals surface area contributed by atoms with Crippen molar-refractivity contribution in [1.82, 2.24) is 24.9 Å². The highest BCUT2D eigenvalue weighted by atomic mass is 32.2. The number of carbonyl (C=O) groups excluding carboxylic acids is 3. The van der Waals surface area contributed by atoms with E-state index < -0.39 is 39.7 Å². The van der Waals surface area contributed by atoms with E-state index in [4.69, 9.17) is 0 Å². The van der Waals surface area contributed by atoms with E-state index in [0.29, 0.717) is 11.9 Å². The van der Waals surface area contributed by atoms with Gasteiger partial charge in [-0.3, -0.25) is 14.4 Å². The van der Waals surface area contributed by atoms with Crippen molar-refractivity contribution in [3.05, 3.63) is 102 Å². The third-order valence-corrected chi connectivity index (χ3v) is 8.68. The van der Waals surface area contributed by atoms with Crippen molar-refractivity contribution in [1.29, 1.82) is 0 Å². The monoisotopic (exact) mass is 571 g/mol. The lowest BCUT2D eigenvalue weighted by Gasteiger charge is -2.22. The molecule has 41 heavy (non-hydrogen) atoms. The average Bonchev–Trinajstić information content (AvgIpc) is 3.18. The minimum Gasteiger partial charge on any atom is -0.344 e. The number of sulfonamides is 1. The van der Waals surface area contributed by atoms with E-state index >= 15 is 0 Å². The molecule has 0 radical (unpaired) electrons. The molecule has 210 valence electrons. The molecular formula is C30H29N5O5S. The minimum atomic E-state index is -3.96. The lowest BCUT2D eigenvalue weighted by Crippen LogP contribution is -2.53. The van der Waals surface area contributed by atoms with E-state index in [2.05, 4.69) is 20.6 Å². The molecule has 2 atom stereocenters. The Morgan fingerprint density at radius 2 is 1.71 bits per heavy atom. The Kier molecular flexibility index (Phi) is 8.46. The maximum absolute atomic E-state index is 13.5. The molecule has 1 aliphatic rings. The smallest absolute Gasteiger partial charge is 0.270 e. The Morgan fingerprint density at radius 3 is 2.49 bits per heavy atom. The first-order chi connectivity index (χ1) is 19.8. The van der Waals surface area contributed by atoms with Crippen molar-refractivity contribution in [2.75, 3.05) is 13.1 Å². The number of hydrogen-bond donors (Lipinski definition) is 2. The zero-order chi connectivity index (χ0) is 28.8. The quantitative estimate of drug-likeness (QED) is 0.331. The zero-order valence-electron chi connectivity index (χ0n) is 22.1. The van der Waals surface area contributed by atoms with Gasteiger partial charge < -0.3 is 10.6 Å². The Labute approximate surface area is 237 Å². The number of nitrogens with zero attached hydrogens (tertiary/aromatic N) is 3. The summed E-state index contributed by atoms with van der Waals surface area (Å²) in [6.45, 7) is -0.268. The third kappa shape index (κ3) is 6.64. The SMILES string of the molecule is O=C(N[C@H](Cc1ccccc1)C(=O)N[C@@H]1CCCN(S(=O)(=O)c2ccccn2)CC1=O)c1ccc2ccccc2n1. The molecule has 0 unspecified atom stereocenters. The van der Waals surface area contributed by atoms with E-state index in [1.807, 2.05) is 48.5 Å². The summed E-state index contributed by atoms with van der Waals surface area (Å²) < 4.78 is 27.2. The van der Waals surface area contributed by atoms with Gasteiger partial charge in [-0.1, -0.05) is 60.7 Å². The number of hydrogen-bond acceptors (Lipinski definition) is 7. The van der Waals surface area contributed by atoms with Gasteiger partial charge in [0.15, 0.2) is 10.8 Å². The first kappa shape index (κ1) is 28.1. The van der Waals surface area contributed by atoms with Crippen molar-refractivity contribution in [3.63, 3.8) is 0 Å². The highest BCUT2D eigenvalue weighted by Crippen LogP contribution is 2.18. The second-order valence-electron chi connectivity index (χ2n) is 9.78. The summed E-state index contributed by atoms with van der Waals surface area (Å²) in [7, 11) is -3.96. The molecule has 1 saturated heterocycles.